The average Bonchev–Trinajstić information content (AvgIpc) is 2.49. The Labute approximate surface area is 125 Å². The van der Waals surface area contributed by atoms with E-state index < -0.39 is 12.6 Å². The summed E-state index contributed by atoms with van der Waals surface area (Å²) in [5.74, 6) is -1.09. The number of rotatable bonds is 5. The lowest BCUT2D eigenvalue weighted by atomic mass is 9.89. The fourth-order valence-electron chi connectivity index (χ4n) is 3.56. The number of carboxylic acids is 1. The van der Waals surface area contributed by atoms with Crippen molar-refractivity contribution in [2.75, 3.05) is 6.61 Å². The van der Waals surface area contributed by atoms with Gasteiger partial charge in [-0.2, -0.15) is 0 Å². The van der Waals surface area contributed by atoms with Crippen LogP contribution in [0.2, 0.25) is 0 Å². The maximum Gasteiger partial charge on any atom is 0.341 e. The molecule has 2 rings (SSSR count). The van der Waals surface area contributed by atoms with Crippen LogP contribution < -0.4 is 5.48 Å². The Bertz CT molecular complexity index is 332. The molecule has 0 aromatic carbocycles. The molecule has 0 heterocycles. The molecule has 0 unspecified atom stereocenters. The van der Waals surface area contributed by atoms with Crippen molar-refractivity contribution in [1.29, 1.82) is 0 Å². The van der Waals surface area contributed by atoms with E-state index in [0.29, 0.717) is 0 Å². The standard InChI is InChI=1S/C15H26N2O4/c18-14(19)11-21-16-15(20)17(12-7-3-1-4-8-12)13-9-5-2-6-10-13/h12-13H,1-11H2,(H,16,20)(H,18,19). The summed E-state index contributed by atoms with van der Waals surface area (Å²) in [6, 6.07) is 0.278. The zero-order valence-corrected chi connectivity index (χ0v) is 12.6. The van der Waals surface area contributed by atoms with E-state index in [1.165, 1.54) is 12.8 Å². The lowest BCUT2D eigenvalue weighted by Gasteiger charge is -2.41. The Morgan fingerprint density at radius 2 is 1.43 bits per heavy atom. The fraction of sp³-hybridized carbons (Fsp3) is 0.867. The van der Waals surface area contributed by atoms with Gasteiger partial charge in [-0.3, -0.25) is 4.84 Å². The second-order valence-corrected chi connectivity index (χ2v) is 6.08. The van der Waals surface area contributed by atoms with E-state index in [4.69, 9.17) is 9.94 Å². The van der Waals surface area contributed by atoms with Crippen LogP contribution in [-0.2, 0) is 9.63 Å². The van der Waals surface area contributed by atoms with Crippen molar-refractivity contribution in [3.63, 3.8) is 0 Å². The Hall–Kier alpha value is -1.30. The van der Waals surface area contributed by atoms with Crippen molar-refractivity contribution in [1.82, 2.24) is 10.4 Å². The summed E-state index contributed by atoms with van der Waals surface area (Å²) in [6.45, 7) is -0.505. The number of amides is 2. The number of nitrogens with one attached hydrogen (secondary N) is 1. The molecule has 2 aliphatic carbocycles. The van der Waals surface area contributed by atoms with Crippen LogP contribution >= 0.6 is 0 Å². The topological polar surface area (TPSA) is 78.9 Å². The van der Waals surface area contributed by atoms with Crippen molar-refractivity contribution in [3.8, 4) is 0 Å². The molecule has 2 N–H and O–H groups in total. The normalized spacial score (nSPS) is 21.0. The molecule has 2 amide bonds. The van der Waals surface area contributed by atoms with Gasteiger partial charge in [0.15, 0.2) is 6.61 Å². The number of hydrogen-bond donors (Lipinski definition) is 2. The fourth-order valence-corrected chi connectivity index (χ4v) is 3.56. The highest BCUT2D eigenvalue weighted by Gasteiger charge is 2.32. The summed E-state index contributed by atoms with van der Waals surface area (Å²) < 4.78 is 0. The summed E-state index contributed by atoms with van der Waals surface area (Å²) in [7, 11) is 0. The number of carbonyl (C=O) groups excluding carboxylic acids is 1. The second kappa shape index (κ2) is 8.22. The van der Waals surface area contributed by atoms with Crippen LogP contribution in [0.5, 0.6) is 0 Å². The predicted octanol–water partition coefficient (Wildman–Crippen LogP) is 2.68. The van der Waals surface area contributed by atoms with Crippen LogP contribution in [0.25, 0.3) is 0 Å². The summed E-state index contributed by atoms with van der Waals surface area (Å²) >= 11 is 0. The average molecular weight is 298 g/mol. The molecule has 0 radical (unpaired) electrons. The zero-order valence-electron chi connectivity index (χ0n) is 12.6. The summed E-state index contributed by atoms with van der Waals surface area (Å²) in [6.07, 6.45) is 11.3. The van der Waals surface area contributed by atoms with Crippen molar-refractivity contribution in [2.45, 2.75) is 76.3 Å². The largest absolute Gasteiger partial charge is 0.479 e. The SMILES string of the molecule is O=C(O)CONC(=O)N(C1CCCCC1)C1CCCCC1. The quantitative estimate of drug-likeness (QED) is 0.765. The van der Waals surface area contributed by atoms with Crippen molar-refractivity contribution >= 4 is 12.0 Å². The van der Waals surface area contributed by atoms with Gasteiger partial charge in [-0.1, -0.05) is 38.5 Å². The number of nitrogens with zero attached hydrogens (tertiary/aromatic N) is 1. The maximum absolute atomic E-state index is 12.4. The smallest absolute Gasteiger partial charge is 0.341 e. The first-order chi connectivity index (χ1) is 10.2. The van der Waals surface area contributed by atoms with Gasteiger partial charge in [-0.05, 0) is 25.7 Å². The minimum Gasteiger partial charge on any atom is -0.479 e. The molecule has 0 aromatic heterocycles. The molecule has 0 aromatic rings. The molecule has 0 aliphatic heterocycles. The highest BCUT2D eigenvalue weighted by atomic mass is 16.7. The van der Waals surface area contributed by atoms with E-state index in [2.05, 4.69) is 5.48 Å². The molecular weight excluding hydrogens is 272 g/mol. The third-order valence-electron chi connectivity index (χ3n) is 4.53. The van der Waals surface area contributed by atoms with Gasteiger partial charge < -0.3 is 10.0 Å². The van der Waals surface area contributed by atoms with Crippen LogP contribution in [-0.4, -0.2) is 40.7 Å². The van der Waals surface area contributed by atoms with Gasteiger partial charge in [0.1, 0.15) is 0 Å². The third kappa shape index (κ3) is 4.88. The lowest BCUT2D eigenvalue weighted by Crippen LogP contribution is -2.52. The second-order valence-electron chi connectivity index (χ2n) is 6.08. The zero-order chi connectivity index (χ0) is 15.1. The first-order valence-corrected chi connectivity index (χ1v) is 8.10. The Kier molecular flexibility index (Phi) is 6.29. The van der Waals surface area contributed by atoms with Crippen LogP contribution in [0.4, 0.5) is 4.79 Å². The van der Waals surface area contributed by atoms with E-state index in [9.17, 15) is 9.59 Å². The van der Waals surface area contributed by atoms with Crippen LogP contribution in [0.3, 0.4) is 0 Å². The molecule has 0 saturated heterocycles. The lowest BCUT2D eigenvalue weighted by molar-refractivity contribution is -0.144. The molecule has 2 fully saturated rings. The molecule has 6 heteroatoms. The van der Waals surface area contributed by atoms with Gasteiger partial charge in [0.2, 0.25) is 0 Å². The van der Waals surface area contributed by atoms with E-state index in [0.717, 1.165) is 51.4 Å². The summed E-state index contributed by atoms with van der Waals surface area (Å²) in [4.78, 5) is 29.6. The van der Waals surface area contributed by atoms with Gasteiger partial charge in [0.25, 0.3) is 0 Å². The van der Waals surface area contributed by atoms with Crippen LogP contribution in [0.1, 0.15) is 64.2 Å². The molecule has 0 bridgehead atoms. The van der Waals surface area contributed by atoms with Crippen LogP contribution in [0.15, 0.2) is 0 Å². The number of urea groups is 1. The van der Waals surface area contributed by atoms with E-state index in [1.807, 2.05) is 4.90 Å². The number of carbonyl (C=O) groups is 2. The van der Waals surface area contributed by atoms with Gasteiger partial charge in [-0.15, -0.1) is 0 Å². The van der Waals surface area contributed by atoms with Gasteiger partial charge in [0.05, 0.1) is 0 Å². The van der Waals surface area contributed by atoms with Crippen molar-refractivity contribution < 1.29 is 19.5 Å². The Morgan fingerprint density at radius 3 is 1.86 bits per heavy atom. The molecule has 120 valence electrons. The minimum atomic E-state index is -1.09. The highest BCUT2D eigenvalue weighted by Crippen LogP contribution is 2.30. The van der Waals surface area contributed by atoms with E-state index in [1.54, 1.807) is 0 Å². The number of hydroxylamine groups is 1. The van der Waals surface area contributed by atoms with E-state index >= 15 is 0 Å². The summed E-state index contributed by atoms with van der Waals surface area (Å²) in [5.41, 5.74) is 2.31. The van der Waals surface area contributed by atoms with Gasteiger partial charge in [0, 0.05) is 12.1 Å². The van der Waals surface area contributed by atoms with Gasteiger partial charge in [-0.25, -0.2) is 15.1 Å². The van der Waals surface area contributed by atoms with Crippen LogP contribution in [0, 0.1) is 0 Å². The number of carboxylic acid groups (broad SMARTS) is 1. The summed E-state index contributed by atoms with van der Waals surface area (Å²) in [5, 5.41) is 8.57. The molecule has 0 atom stereocenters. The Balaban J connectivity index is 1.95. The van der Waals surface area contributed by atoms with Crippen molar-refractivity contribution in [3.05, 3.63) is 0 Å². The highest BCUT2D eigenvalue weighted by molar-refractivity contribution is 5.74. The molecule has 21 heavy (non-hydrogen) atoms. The first-order valence-electron chi connectivity index (χ1n) is 8.10. The van der Waals surface area contributed by atoms with Gasteiger partial charge >= 0.3 is 12.0 Å². The molecular formula is C15H26N2O4. The maximum atomic E-state index is 12.4. The monoisotopic (exact) mass is 298 g/mol. The molecule has 0 spiro atoms. The Morgan fingerprint density at radius 1 is 0.952 bits per heavy atom. The van der Waals surface area contributed by atoms with Crippen molar-refractivity contribution in [2.24, 2.45) is 0 Å². The van der Waals surface area contributed by atoms with E-state index in [-0.39, 0.29) is 18.1 Å². The third-order valence-corrected chi connectivity index (χ3v) is 4.53. The molecule has 2 saturated carbocycles. The molecule has 6 nitrogen and oxygen atoms in total. The number of hydrogen-bond acceptors (Lipinski definition) is 3. The number of aliphatic carboxylic acids is 1. The molecule has 2 aliphatic rings. The minimum absolute atomic E-state index is 0.268. The first kappa shape index (κ1) is 16.1. The predicted molar refractivity (Wildman–Crippen MR) is 77.7 cm³/mol.